The van der Waals surface area contributed by atoms with Crippen molar-refractivity contribution < 1.29 is 14.7 Å². The van der Waals surface area contributed by atoms with Crippen molar-refractivity contribution in [1.82, 2.24) is 15.2 Å². The van der Waals surface area contributed by atoms with Gasteiger partial charge >= 0.3 is 0 Å². The van der Waals surface area contributed by atoms with Gasteiger partial charge in [-0.2, -0.15) is 10.2 Å². The number of phenols is 1. The van der Waals surface area contributed by atoms with E-state index in [1.165, 1.54) is 36.6 Å². The molecular weight excluding hydrogens is 474 g/mol. The lowest BCUT2D eigenvalue weighted by molar-refractivity contribution is -0.114. The molecule has 0 bridgehead atoms. The van der Waals surface area contributed by atoms with Gasteiger partial charge in [0, 0.05) is 12.5 Å². The summed E-state index contributed by atoms with van der Waals surface area (Å²) in [5, 5.41) is 21.6. The Morgan fingerprint density at radius 1 is 0.972 bits per heavy atom. The fraction of sp³-hybridized carbons (Fsp3) is 0.0370. The molecule has 5 rings (SSSR count). The molecule has 0 aliphatic rings. The number of benzene rings is 3. The number of carbonyl (C=O) groups excluding carboxylic acids is 2. The molecule has 3 N–H and O–H groups in total. The van der Waals surface area contributed by atoms with Crippen LogP contribution >= 0.6 is 11.3 Å². The molecule has 36 heavy (non-hydrogen) atoms. The molecule has 0 saturated heterocycles. The Hall–Kier alpha value is -4.76. The topological polar surface area (TPSA) is 109 Å². The third-order valence-electron chi connectivity index (χ3n) is 5.35. The fourth-order valence-electron chi connectivity index (χ4n) is 3.76. The summed E-state index contributed by atoms with van der Waals surface area (Å²) in [5.74, 6) is -0.641. The molecule has 0 radical (unpaired) electrons. The van der Waals surface area contributed by atoms with E-state index in [2.05, 4.69) is 15.8 Å². The highest BCUT2D eigenvalue weighted by atomic mass is 32.1. The molecule has 2 heterocycles. The molecular formula is C27H21N5O3S. The normalized spacial score (nSPS) is 11.1. The summed E-state index contributed by atoms with van der Waals surface area (Å²) in [6, 6.07) is 25.6. The number of rotatable bonds is 6. The van der Waals surface area contributed by atoms with Crippen molar-refractivity contribution >= 4 is 44.6 Å². The van der Waals surface area contributed by atoms with Gasteiger partial charge in [0.25, 0.3) is 5.91 Å². The summed E-state index contributed by atoms with van der Waals surface area (Å²) in [5.41, 5.74) is 6.49. The zero-order chi connectivity index (χ0) is 25.1. The highest BCUT2D eigenvalue weighted by molar-refractivity contribution is 7.24. The molecule has 178 valence electrons. The van der Waals surface area contributed by atoms with E-state index in [1.807, 2.05) is 60.7 Å². The number of hydrogen-bond acceptors (Lipinski definition) is 6. The Labute approximate surface area is 210 Å². The van der Waals surface area contributed by atoms with Crippen LogP contribution in [0.5, 0.6) is 5.75 Å². The van der Waals surface area contributed by atoms with E-state index in [0.29, 0.717) is 21.8 Å². The van der Waals surface area contributed by atoms with E-state index in [1.54, 1.807) is 16.8 Å². The van der Waals surface area contributed by atoms with Crippen molar-refractivity contribution in [3.63, 3.8) is 0 Å². The molecule has 0 aliphatic carbocycles. The SMILES string of the molecule is CC(=O)Nc1sc2c(-c3ccccc3)nn(-c3ccccc3)c2c1C(=O)NN=Cc1ccc(O)cc1. The lowest BCUT2D eigenvalue weighted by Gasteiger charge is -2.07. The van der Waals surface area contributed by atoms with E-state index in [-0.39, 0.29) is 17.2 Å². The van der Waals surface area contributed by atoms with E-state index >= 15 is 0 Å². The van der Waals surface area contributed by atoms with Crippen molar-refractivity contribution in [3.8, 4) is 22.7 Å². The van der Waals surface area contributed by atoms with Gasteiger partial charge in [0.1, 0.15) is 27.5 Å². The molecule has 2 amide bonds. The smallest absolute Gasteiger partial charge is 0.276 e. The third kappa shape index (κ3) is 4.59. The predicted octanol–water partition coefficient (Wildman–Crippen LogP) is 5.18. The number of phenolic OH excluding ortho intramolecular Hbond substituents is 1. The summed E-state index contributed by atoms with van der Waals surface area (Å²) in [7, 11) is 0. The molecule has 9 heteroatoms. The number of hydrazone groups is 1. The number of carbonyl (C=O) groups is 2. The van der Waals surface area contributed by atoms with Crippen LogP contribution in [-0.4, -0.2) is 32.9 Å². The summed E-state index contributed by atoms with van der Waals surface area (Å²) in [6.07, 6.45) is 1.48. The monoisotopic (exact) mass is 495 g/mol. The number of fused-ring (bicyclic) bond motifs is 1. The standard InChI is InChI=1S/C27H21N5O3S/c1-17(33)29-27-22(26(35)30-28-16-18-12-14-21(34)15-13-18)24-25(36-27)23(19-8-4-2-5-9-19)31-32(24)20-10-6-3-7-11-20/h2-16,34H,1H3,(H,29,33)(H,30,35). The Morgan fingerprint density at radius 3 is 2.31 bits per heavy atom. The molecule has 0 saturated carbocycles. The second-order valence-corrected chi connectivity index (χ2v) is 8.94. The number of para-hydroxylation sites is 1. The van der Waals surface area contributed by atoms with E-state index < -0.39 is 5.91 Å². The van der Waals surface area contributed by atoms with Crippen molar-refractivity contribution in [2.75, 3.05) is 5.32 Å². The van der Waals surface area contributed by atoms with Crippen LogP contribution in [0.25, 0.3) is 27.2 Å². The van der Waals surface area contributed by atoms with Gasteiger partial charge in [-0.25, -0.2) is 10.1 Å². The molecule has 0 spiro atoms. The predicted molar refractivity (Wildman–Crippen MR) is 142 cm³/mol. The minimum atomic E-state index is -0.489. The van der Waals surface area contributed by atoms with Gasteiger partial charge in [0.2, 0.25) is 5.91 Å². The summed E-state index contributed by atoms with van der Waals surface area (Å²) in [4.78, 5) is 25.5. The minimum Gasteiger partial charge on any atom is -0.508 e. The summed E-state index contributed by atoms with van der Waals surface area (Å²) in [6.45, 7) is 1.40. The number of aromatic nitrogens is 2. The zero-order valence-corrected chi connectivity index (χ0v) is 20.0. The van der Waals surface area contributed by atoms with Crippen molar-refractivity contribution in [2.24, 2.45) is 5.10 Å². The Balaban J connectivity index is 1.65. The van der Waals surface area contributed by atoms with Gasteiger partial charge in [0.05, 0.1) is 16.6 Å². The van der Waals surface area contributed by atoms with E-state index in [9.17, 15) is 14.7 Å². The minimum absolute atomic E-state index is 0.139. The van der Waals surface area contributed by atoms with Crippen LogP contribution in [0.15, 0.2) is 90.0 Å². The average Bonchev–Trinajstić information content (AvgIpc) is 3.42. The maximum Gasteiger partial charge on any atom is 0.276 e. The molecule has 8 nitrogen and oxygen atoms in total. The van der Waals surface area contributed by atoms with Crippen LogP contribution in [0, 0.1) is 0 Å². The number of aromatic hydroxyl groups is 1. The van der Waals surface area contributed by atoms with Crippen molar-refractivity contribution in [1.29, 1.82) is 0 Å². The molecule has 2 aromatic heterocycles. The molecule has 3 aromatic carbocycles. The van der Waals surface area contributed by atoms with Crippen LogP contribution < -0.4 is 10.7 Å². The lowest BCUT2D eigenvalue weighted by Crippen LogP contribution is -2.20. The second-order valence-electron chi connectivity index (χ2n) is 7.92. The molecule has 0 fully saturated rings. The summed E-state index contributed by atoms with van der Waals surface area (Å²) < 4.78 is 2.49. The highest BCUT2D eigenvalue weighted by Crippen LogP contribution is 2.42. The number of nitrogens with zero attached hydrogens (tertiary/aromatic N) is 3. The first-order valence-electron chi connectivity index (χ1n) is 11.1. The number of amides is 2. The van der Waals surface area contributed by atoms with Crippen LogP contribution in [0.4, 0.5) is 5.00 Å². The van der Waals surface area contributed by atoms with Crippen molar-refractivity contribution in [3.05, 3.63) is 96.1 Å². The summed E-state index contributed by atoms with van der Waals surface area (Å²) >= 11 is 1.29. The fourth-order valence-corrected chi connectivity index (χ4v) is 4.99. The average molecular weight is 496 g/mol. The lowest BCUT2D eigenvalue weighted by atomic mass is 10.1. The Bertz CT molecular complexity index is 1570. The Kier molecular flexibility index (Phi) is 6.29. The van der Waals surface area contributed by atoms with E-state index in [4.69, 9.17) is 5.10 Å². The third-order valence-corrected chi connectivity index (χ3v) is 6.45. The molecule has 0 atom stereocenters. The van der Waals surface area contributed by atoms with Gasteiger partial charge in [-0.15, -0.1) is 11.3 Å². The maximum atomic E-state index is 13.4. The Morgan fingerprint density at radius 2 is 1.64 bits per heavy atom. The van der Waals surface area contributed by atoms with Gasteiger partial charge in [-0.05, 0) is 42.0 Å². The zero-order valence-electron chi connectivity index (χ0n) is 19.2. The first-order valence-corrected chi connectivity index (χ1v) is 11.9. The van der Waals surface area contributed by atoms with Gasteiger partial charge in [-0.1, -0.05) is 48.5 Å². The van der Waals surface area contributed by atoms with Crippen molar-refractivity contribution in [2.45, 2.75) is 6.92 Å². The number of nitrogens with one attached hydrogen (secondary N) is 2. The van der Waals surface area contributed by atoms with Crippen LogP contribution in [0.3, 0.4) is 0 Å². The van der Waals surface area contributed by atoms with Gasteiger partial charge < -0.3 is 10.4 Å². The van der Waals surface area contributed by atoms with Crippen LogP contribution in [0.2, 0.25) is 0 Å². The molecule has 0 unspecified atom stereocenters. The first kappa shape index (κ1) is 23.0. The number of anilines is 1. The molecule has 5 aromatic rings. The van der Waals surface area contributed by atoms with Gasteiger partial charge in [0.15, 0.2) is 0 Å². The number of hydrogen-bond donors (Lipinski definition) is 3. The van der Waals surface area contributed by atoms with Gasteiger partial charge in [-0.3, -0.25) is 9.59 Å². The first-order chi connectivity index (χ1) is 17.5. The van der Waals surface area contributed by atoms with Crippen LogP contribution in [0.1, 0.15) is 22.8 Å². The quantitative estimate of drug-likeness (QED) is 0.223. The highest BCUT2D eigenvalue weighted by Gasteiger charge is 2.27. The maximum absolute atomic E-state index is 13.4. The molecule has 0 aliphatic heterocycles. The van der Waals surface area contributed by atoms with Crippen LogP contribution in [-0.2, 0) is 4.79 Å². The van der Waals surface area contributed by atoms with E-state index in [0.717, 1.165) is 16.0 Å². The number of thiophene rings is 1. The second kappa shape index (κ2) is 9.85. The largest absolute Gasteiger partial charge is 0.508 e.